The van der Waals surface area contributed by atoms with Crippen molar-refractivity contribution in [1.29, 1.82) is 0 Å². The maximum absolute atomic E-state index is 11.8. The SMILES string of the molecule is O=C1CCN(CCc2ccccc2)c2ncccc21. The van der Waals surface area contributed by atoms with Gasteiger partial charge in [-0.1, -0.05) is 30.3 Å². The summed E-state index contributed by atoms with van der Waals surface area (Å²) in [5.41, 5.74) is 2.08. The van der Waals surface area contributed by atoms with Gasteiger partial charge in [-0.2, -0.15) is 0 Å². The molecule has 0 atom stereocenters. The van der Waals surface area contributed by atoms with Crippen molar-refractivity contribution < 1.29 is 4.79 Å². The van der Waals surface area contributed by atoms with Crippen LogP contribution in [0.2, 0.25) is 0 Å². The van der Waals surface area contributed by atoms with Crippen molar-refractivity contribution in [3.63, 3.8) is 0 Å². The number of carbonyl (C=O) groups is 1. The number of aromatic nitrogens is 1. The van der Waals surface area contributed by atoms with E-state index in [-0.39, 0.29) is 5.78 Å². The number of Topliss-reactive ketones (excluding diaryl/α,β-unsaturated/α-hetero) is 1. The van der Waals surface area contributed by atoms with Gasteiger partial charge in [0.25, 0.3) is 0 Å². The third-order valence-electron chi connectivity index (χ3n) is 3.51. The number of carbonyl (C=O) groups excluding carboxylic acids is 1. The van der Waals surface area contributed by atoms with Crippen LogP contribution in [0.1, 0.15) is 22.3 Å². The Labute approximate surface area is 112 Å². The average Bonchev–Trinajstić information content (AvgIpc) is 2.48. The van der Waals surface area contributed by atoms with E-state index in [1.807, 2.05) is 18.2 Å². The number of benzene rings is 1. The minimum absolute atomic E-state index is 0.207. The summed E-state index contributed by atoms with van der Waals surface area (Å²) in [6, 6.07) is 14.1. The fraction of sp³-hybridized carbons (Fsp3) is 0.250. The van der Waals surface area contributed by atoms with Crippen molar-refractivity contribution in [2.45, 2.75) is 12.8 Å². The molecule has 1 aliphatic rings. The van der Waals surface area contributed by atoms with E-state index in [0.717, 1.165) is 30.9 Å². The summed E-state index contributed by atoms with van der Waals surface area (Å²) in [4.78, 5) is 18.4. The van der Waals surface area contributed by atoms with E-state index >= 15 is 0 Å². The Morgan fingerprint density at radius 3 is 2.79 bits per heavy atom. The van der Waals surface area contributed by atoms with Crippen LogP contribution in [0.3, 0.4) is 0 Å². The Hall–Kier alpha value is -2.16. The molecule has 0 unspecified atom stereocenters. The Kier molecular flexibility index (Phi) is 3.27. The monoisotopic (exact) mass is 252 g/mol. The predicted octanol–water partition coefficient (Wildman–Crippen LogP) is 2.72. The van der Waals surface area contributed by atoms with E-state index in [4.69, 9.17) is 0 Å². The molecule has 3 rings (SSSR count). The smallest absolute Gasteiger partial charge is 0.168 e. The Morgan fingerprint density at radius 2 is 1.95 bits per heavy atom. The second-order valence-corrected chi connectivity index (χ2v) is 4.77. The van der Waals surface area contributed by atoms with Crippen LogP contribution in [0, 0.1) is 0 Å². The van der Waals surface area contributed by atoms with Crippen LogP contribution >= 0.6 is 0 Å². The second-order valence-electron chi connectivity index (χ2n) is 4.77. The minimum Gasteiger partial charge on any atom is -0.355 e. The van der Waals surface area contributed by atoms with Crippen molar-refractivity contribution in [2.24, 2.45) is 0 Å². The highest BCUT2D eigenvalue weighted by Gasteiger charge is 2.23. The summed E-state index contributed by atoms with van der Waals surface area (Å²) in [6.45, 7) is 1.68. The van der Waals surface area contributed by atoms with Crippen molar-refractivity contribution in [3.8, 4) is 0 Å². The van der Waals surface area contributed by atoms with Crippen molar-refractivity contribution in [3.05, 3.63) is 59.8 Å². The van der Waals surface area contributed by atoms with Crippen LogP contribution in [-0.4, -0.2) is 23.9 Å². The van der Waals surface area contributed by atoms with E-state index in [2.05, 4.69) is 34.1 Å². The Balaban J connectivity index is 1.76. The number of hydrogen-bond acceptors (Lipinski definition) is 3. The number of anilines is 1. The molecule has 2 heterocycles. The molecule has 3 heteroatoms. The Morgan fingerprint density at radius 1 is 1.11 bits per heavy atom. The molecule has 1 aliphatic heterocycles. The van der Waals surface area contributed by atoms with Gasteiger partial charge in [0.2, 0.25) is 0 Å². The molecule has 0 radical (unpaired) electrons. The summed E-state index contributed by atoms with van der Waals surface area (Å²) < 4.78 is 0. The lowest BCUT2D eigenvalue weighted by molar-refractivity contribution is 0.0979. The first-order chi connectivity index (χ1) is 9.34. The molecular weight excluding hydrogens is 236 g/mol. The normalized spacial score (nSPS) is 14.3. The average molecular weight is 252 g/mol. The van der Waals surface area contributed by atoms with E-state index in [9.17, 15) is 4.79 Å². The second kappa shape index (κ2) is 5.22. The molecule has 19 heavy (non-hydrogen) atoms. The van der Waals surface area contributed by atoms with Crippen LogP contribution in [0.5, 0.6) is 0 Å². The number of hydrogen-bond donors (Lipinski definition) is 0. The van der Waals surface area contributed by atoms with Gasteiger partial charge < -0.3 is 4.90 Å². The van der Waals surface area contributed by atoms with Gasteiger partial charge >= 0.3 is 0 Å². The lowest BCUT2D eigenvalue weighted by Gasteiger charge is -2.29. The van der Waals surface area contributed by atoms with Crippen molar-refractivity contribution in [1.82, 2.24) is 4.98 Å². The lowest BCUT2D eigenvalue weighted by Crippen LogP contribution is -2.34. The van der Waals surface area contributed by atoms with Gasteiger partial charge in [-0.15, -0.1) is 0 Å². The maximum atomic E-state index is 11.8. The summed E-state index contributed by atoms with van der Waals surface area (Å²) in [5.74, 6) is 1.05. The number of rotatable bonds is 3. The van der Waals surface area contributed by atoms with Gasteiger partial charge in [0.1, 0.15) is 5.82 Å². The topological polar surface area (TPSA) is 33.2 Å². The zero-order chi connectivity index (χ0) is 13.1. The highest BCUT2D eigenvalue weighted by atomic mass is 16.1. The first-order valence-corrected chi connectivity index (χ1v) is 6.62. The van der Waals surface area contributed by atoms with E-state index in [0.29, 0.717) is 6.42 Å². The van der Waals surface area contributed by atoms with Gasteiger partial charge in [-0.3, -0.25) is 4.79 Å². The largest absolute Gasteiger partial charge is 0.355 e. The molecule has 1 aromatic heterocycles. The van der Waals surface area contributed by atoms with Gasteiger partial charge in [-0.05, 0) is 24.1 Å². The molecular formula is C16H16N2O. The molecule has 0 saturated carbocycles. The number of nitrogens with zero attached hydrogens (tertiary/aromatic N) is 2. The first-order valence-electron chi connectivity index (χ1n) is 6.62. The quantitative estimate of drug-likeness (QED) is 0.842. The first kappa shape index (κ1) is 11.9. The van der Waals surface area contributed by atoms with Crippen molar-refractivity contribution in [2.75, 3.05) is 18.0 Å². The molecule has 0 spiro atoms. The molecule has 0 fully saturated rings. The van der Waals surface area contributed by atoms with Crippen LogP contribution < -0.4 is 4.90 Å². The zero-order valence-electron chi connectivity index (χ0n) is 10.7. The fourth-order valence-corrected chi connectivity index (χ4v) is 2.47. The molecule has 0 saturated heterocycles. The molecule has 0 amide bonds. The van der Waals surface area contributed by atoms with Crippen LogP contribution in [-0.2, 0) is 6.42 Å². The molecule has 2 aromatic rings. The van der Waals surface area contributed by atoms with E-state index < -0.39 is 0 Å². The van der Waals surface area contributed by atoms with Crippen LogP contribution in [0.25, 0.3) is 0 Å². The summed E-state index contributed by atoms with van der Waals surface area (Å²) in [7, 11) is 0. The number of fused-ring (bicyclic) bond motifs is 1. The highest BCUT2D eigenvalue weighted by Crippen LogP contribution is 2.24. The van der Waals surface area contributed by atoms with Crippen LogP contribution in [0.4, 0.5) is 5.82 Å². The lowest BCUT2D eigenvalue weighted by atomic mass is 10.0. The standard InChI is InChI=1S/C16H16N2O/c19-15-9-12-18(16-14(15)7-4-10-17-16)11-8-13-5-2-1-3-6-13/h1-7,10H,8-9,11-12H2. The number of pyridine rings is 1. The van der Waals surface area contributed by atoms with Gasteiger partial charge in [0.05, 0.1) is 5.56 Å². The van der Waals surface area contributed by atoms with E-state index in [1.165, 1.54) is 5.56 Å². The van der Waals surface area contributed by atoms with Gasteiger partial charge in [-0.25, -0.2) is 4.98 Å². The van der Waals surface area contributed by atoms with Gasteiger partial charge in [0, 0.05) is 25.7 Å². The zero-order valence-corrected chi connectivity index (χ0v) is 10.7. The molecule has 0 bridgehead atoms. The van der Waals surface area contributed by atoms with Gasteiger partial charge in [0.15, 0.2) is 5.78 Å². The molecule has 1 aromatic carbocycles. The third-order valence-corrected chi connectivity index (χ3v) is 3.51. The molecule has 0 aliphatic carbocycles. The third kappa shape index (κ3) is 2.50. The minimum atomic E-state index is 0.207. The Bertz CT molecular complexity index is 580. The highest BCUT2D eigenvalue weighted by molar-refractivity contribution is 6.02. The van der Waals surface area contributed by atoms with E-state index in [1.54, 1.807) is 6.20 Å². The predicted molar refractivity (Wildman–Crippen MR) is 75.5 cm³/mol. The fourth-order valence-electron chi connectivity index (χ4n) is 2.47. The summed E-state index contributed by atoms with van der Waals surface area (Å²) in [6.07, 6.45) is 3.32. The maximum Gasteiger partial charge on any atom is 0.168 e. The number of ketones is 1. The molecule has 3 nitrogen and oxygen atoms in total. The van der Waals surface area contributed by atoms with Crippen LogP contribution in [0.15, 0.2) is 48.7 Å². The van der Waals surface area contributed by atoms with Crippen molar-refractivity contribution >= 4 is 11.6 Å². The molecule has 96 valence electrons. The summed E-state index contributed by atoms with van der Waals surface area (Å²) >= 11 is 0. The summed E-state index contributed by atoms with van der Waals surface area (Å²) in [5, 5.41) is 0. The molecule has 0 N–H and O–H groups in total.